The fraction of sp³-hybridized carbons (Fsp3) is 0.0500. The Morgan fingerprint density at radius 3 is 2.08 bits per heavy atom. The first-order valence-corrected chi connectivity index (χ1v) is 9.47. The summed E-state index contributed by atoms with van der Waals surface area (Å²) >= 11 is 3.60. The van der Waals surface area contributed by atoms with Crippen molar-refractivity contribution in [3.05, 3.63) is 81.1 Å². The highest BCUT2D eigenvalue weighted by molar-refractivity contribution is 14.1. The van der Waals surface area contributed by atoms with Crippen LogP contribution in [0.15, 0.2) is 73.3 Å². The van der Waals surface area contributed by atoms with Crippen molar-refractivity contribution in [3.8, 4) is 22.6 Å². The van der Waals surface area contributed by atoms with Crippen LogP contribution in [0.5, 0.6) is 11.5 Å². The second-order valence-electron chi connectivity index (χ2n) is 5.14. The number of hydrogen-bond donors (Lipinski definition) is 0. The van der Waals surface area contributed by atoms with Crippen molar-refractivity contribution < 1.29 is 14.3 Å². The average Bonchev–Trinajstić information content (AvgIpc) is 3.08. The molecule has 2 aromatic carbocycles. The summed E-state index contributed by atoms with van der Waals surface area (Å²) in [4.78, 5) is 12.7. The molecule has 5 heteroatoms. The lowest BCUT2D eigenvalue weighted by molar-refractivity contribution is 0.0740. The molecule has 0 N–H and O–H groups in total. The number of halogens is 1. The third kappa shape index (κ3) is 4.70. The van der Waals surface area contributed by atoms with Gasteiger partial charge in [0.1, 0.15) is 23.0 Å². The molecule has 1 aromatic heterocycles. The third-order valence-electron chi connectivity index (χ3n) is 3.39. The Hall–Kier alpha value is -2.12. The number of hydrogen-bond acceptors (Lipinski definition) is 4. The maximum Gasteiger partial charge on any atom is 0.353 e. The molecule has 0 radical (unpaired) electrons. The predicted octanol–water partition coefficient (Wildman–Crippen LogP) is 5.80. The lowest BCUT2D eigenvalue weighted by Crippen LogP contribution is -2.06. The molecule has 1 heterocycles. The van der Waals surface area contributed by atoms with Crippen LogP contribution in [-0.2, 0) is 0 Å². The van der Waals surface area contributed by atoms with Gasteiger partial charge in [-0.2, -0.15) is 0 Å². The normalized spacial score (nSPS) is 10.3. The molecule has 0 aliphatic carbocycles. The topological polar surface area (TPSA) is 35.5 Å². The summed E-state index contributed by atoms with van der Waals surface area (Å²) < 4.78 is 11.9. The molecule has 126 valence electrons. The van der Waals surface area contributed by atoms with Gasteiger partial charge in [-0.05, 0) is 70.1 Å². The van der Waals surface area contributed by atoms with Crippen LogP contribution in [0.3, 0.4) is 0 Å². The van der Waals surface area contributed by atoms with E-state index < -0.39 is 0 Å². The second kappa shape index (κ2) is 8.31. The average molecular weight is 462 g/mol. The maximum absolute atomic E-state index is 12.1. The molecule has 0 fully saturated rings. The van der Waals surface area contributed by atoms with Crippen LogP contribution in [0.1, 0.15) is 9.67 Å². The van der Waals surface area contributed by atoms with E-state index in [-0.39, 0.29) is 5.97 Å². The number of rotatable bonds is 6. The van der Waals surface area contributed by atoms with E-state index in [0.29, 0.717) is 17.2 Å². The van der Waals surface area contributed by atoms with Gasteiger partial charge >= 0.3 is 5.97 Å². The molecule has 3 rings (SSSR count). The van der Waals surface area contributed by atoms with Crippen molar-refractivity contribution in [2.45, 2.75) is 0 Å². The Kier molecular flexibility index (Phi) is 5.88. The summed E-state index contributed by atoms with van der Waals surface area (Å²) in [5.74, 6) is 1.01. The number of benzene rings is 2. The lowest BCUT2D eigenvalue weighted by Gasteiger charge is -2.07. The molecule has 25 heavy (non-hydrogen) atoms. The fourth-order valence-corrected chi connectivity index (χ4v) is 3.69. The summed E-state index contributed by atoms with van der Waals surface area (Å²) in [5.41, 5.74) is 2.11. The zero-order valence-corrected chi connectivity index (χ0v) is 16.3. The van der Waals surface area contributed by atoms with Crippen molar-refractivity contribution in [2.24, 2.45) is 0 Å². The minimum atomic E-state index is -0.329. The Balaban J connectivity index is 1.67. The van der Waals surface area contributed by atoms with Crippen molar-refractivity contribution in [1.82, 2.24) is 0 Å². The van der Waals surface area contributed by atoms with E-state index in [2.05, 4.69) is 29.2 Å². The molecule has 0 amide bonds. The molecule has 0 aliphatic heterocycles. The molecule has 0 saturated carbocycles. The van der Waals surface area contributed by atoms with Gasteiger partial charge in [-0.15, -0.1) is 11.3 Å². The molecule has 0 bridgehead atoms. The highest BCUT2D eigenvalue weighted by Crippen LogP contribution is 2.26. The van der Waals surface area contributed by atoms with E-state index >= 15 is 0 Å². The lowest BCUT2D eigenvalue weighted by atomic mass is 10.1. The summed E-state index contributed by atoms with van der Waals surface area (Å²) in [7, 11) is 0. The number of esters is 1. The van der Waals surface area contributed by atoms with Gasteiger partial charge in [0.2, 0.25) is 0 Å². The minimum absolute atomic E-state index is 0.329. The third-order valence-corrected chi connectivity index (χ3v) is 5.27. The van der Waals surface area contributed by atoms with E-state index in [1.54, 1.807) is 24.3 Å². The first-order valence-electron chi connectivity index (χ1n) is 7.57. The Labute approximate surface area is 164 Å². The quantitative estimate of drug-likeness (QED) is 0.201. The highest BCUT2D eigenvalue weighted by Gasteiger charge is 2.11. The van der Waals surface area contributed by atoms with Gasteiger partial charge < -0.3 is 9.47 Å². The number of thiophene rings is 1. The molecule has 0 atom stereocenters. The van der Waals surface area contributed by atoms with Crippen molar-refractivity contribution in [2.75, 3.05) is 6.61 Å². The van der Waals surface area contributed by atoms with E-state index in [1.807, 2.05) is 42.5 Å². The van der Waals surface area contributed by atoms with Crippen molar-refractivity contribution in [1.29, 1.82) is 0 Å². The smallest absolute Gasteiger partial charge is 0.353 e. The van der Waals surface area contributed by atoms with E-state index in [4.69, 9.17) is 9.47 Å². The van der Waals surface area contributed by atoms with Crippen molar-refractivity contribution >= 4 is 39.9 Å². The summed E-state index contributed by atoms with van der Waals surface area (Å²) in [5, 5.41) is 0. The van der Waals surface area contributed by atoms with Crippen LogP contribution in [0, 0.1) is 2.88 Å². The number of ether oxygens (including phenoxy) is 2. The molecule has 0 unspecified atom stereocenters. The Morgan fingerprint density at radius 2 is 1.56 bits per heavy atom. The van der Waals surface area contributed by atoms with Gasteiger partial charge in [0.05, 0.1) is 2.88 Å². The van der Waals surface area contributed by atoms with E-state index in [0.717, 1.165) is 19.8 Å². The van der Waals surface area contributed by atoms with E-state index in [1.165, 1.54) is 11.3 Å². The Morgan fingerprint density at radius 1 is 0.960 bits per heavy atom. The van der Waals surface area contributed by atoms with Crippen LogP contribution in [0.4, 0.5) is 0 Å². The van der Waals surface area contributed by atoms with Crippen LogP contribution >= 0.6 is 33.9 Å². The van der Waals surface area contributed by atoms with Gasteiger partial charge in [-0.25, -0.2) is 4.79 Å². The standard InChI is InChI=1S/C20H15IO3S/c1-2-13-23-16-7-3-14(4-8-16)15-5-9-17(10-6-15)24-20(22)18-11-12-19(21)25-18/h2-12H,1,13H2. The first-order chi connectivity index (χ1) is 12.2. The summed E-state index contributed by atoms with van der Waals surface area (Å²) in [6.45, 7) is 4.12. The predicted molar refractivity (Wildman–Crippen MR) is 110 cm³/mol. The van der Waals surface area contributed by atoms with Crippen LogP contribution in [-0.4, -0.2) is 12.6 Å². The number of carbonyl (C=O) groups is 1. The largest absolute Gasteiger partial charge is 0.490 e. The molecular weight excluding hydrogens is 447 g/mol. The molecule has 0 saturated heterocycles. The van der Waals surface area contributed by atoms with Gasteiger partial charge in [-0.1, -0.05) is 36.9 Å². The van der Waals surface area contributed by atoms with Gasteiger partial charge in [0.25, 0.3) is 0 Å². The molecule has 3 aromatic rings. The minimum Gasteiger partial charge on any atom is -0.490 e. The Bertz CT molecular complexity index is 867. The zero-order valence-electron chi connectivity index (χ0n) is 13.3. The van der Waals surface area contributed by atoms with Gasteiger partial charge in [-0.3, -0.25) is 0 Å². The second-order valence-corrected chi connectivity index (χ2v) is 8.12. The van der Waals surface area contributed by atoms with Crippen LogP contribution < -0.4 is 9.47 Å². The maximum atomic E-state index is 12.1. The molecule has 0 spiro atoms. The van der Waals surface area contributed by atoms with Crippen LogP contribution in [0.25, 0.3) is 11.1 Å². The molecular formula is C20H15IO3S. The first kappa shape index (κ1) is 17.7. The molecule has 3 nitrogen and oxygen atoms in total. The monoisotopic (exact) mass is 462 g/mol. The number of carbonyl (C=O) groups excluding carboxylic acids is 1. The van der Waals surface area contributed by atoms with Gasteiger partial charge in [0.15, 0.2) is 0 Å². The fourth-order valence-electron chi connectivity index (χ4n) is 2.20. The van der Waals surface area contributed by atoms with E-state index in [9.17, 15) is 4.79 Å². The summed E-state index contributed by atoms with van der Waals surface area (Å²) in [6.07, 6.45) is 1.71. The van der Waals surface area contributed by atoms with Crippen molar-refractivity contribution in [3.63, 3.8) is 0 Å². The summed E-state index contributed by atoms with van der Waals surface area (Å²) in [6, 6.07) is 19.0. The molecule has 0 aliphatic rings. The highest BCUT2D eigenvalue weighted by atomic mass is 127. The van der Waals surface area contributed by atoms with Gasteiger partial charge in [0, 0.05) is 0 Å². The zero-order chi connectivity index (χ0) is 17.6. The SMILES string of the molecule is C=CCOc1ccc(-c2ccc(OC(=O)c3ccc(I)s3)cc2)cc1. The van der Waals surface area contributed by atoms with Crippen LogP contribution in [0.2, 0.25) is 0 Å².